The van der Waals surface area contributed by atoms with E-state index in [2.05, 4.69) is 36.4 Å². The minimum Gasteiger partial charge on any atom is -0.356 e. The van der Waals surface area contributed by atoms with Gasteiger partial charge in [0.2, 0.25) is 5.13 Å². The molecule has 0 bridgehead atoms. The normalized spacial score (nSPS) is 15.3. The molecule has 0 radical (unpaired) electrons. The van der Waals surface area contributed by atoms with Crippen molar-refractivity contribution in [1.82, 2.24) is 19.6 Å². The predicted octanol–water partition coefficient (Wildman–Crippen LogP) is 2.83. The molecule has 9 heteroatoms. The minimum absolute atomic E-state index is 0.267. The molecule has 1 aliphatic rings. The van der Waals surface area contributed by atoms with Crippen molar-refractivity contribution in [1.29, 1.82) is 0 Å². The van der Waals surface area contributed by atoms with Crippen LogP contribution in [0.4, 0.5) is 9.52 Å². The average molecular weight is 411 g/mol. The number of guanidine groups is 1. The molecule has 1 N–H and O–H groups in total. The minimum atomic E-state index is -0.267. The van der Waals surface area contributed by atoms with Crippen molar-refractivity contribution in [3.8, 4) is 0 Å². The Hall–Kier alpha value is -1.93. The molecule has 2 aromatic rings. The Bertz CT molecular complexity index is 768. The zero-order chi connectivity index (χ0) is 19.2. The third-order valence-electron chi connectivity index (χ3n) is 4.55. The van der Waals surface area contributed by atoms with E-state index in [0.717, 1.165) is 49.5 Å². The number of aliphatic imine (C=N–C) groups is 1. The molecule has 0 amide bonds. The van der Waals surface area contributed by atoms with Crippen molar-refractivity contribution in [2.24, 2.45) is 4.99 Å². The number of anilines is 1. The van der Waals surface area contributed by atoms with E-state index in [1.807, 2.05) is 0 Å². The molecule has 1 aromatic heterocycles. The number of aromatic nitrogens is 2. The van der Waals surface area contributed by atoms with Crippen molar-refractivity contribution >= 4 is 34.2 Å². The summed E-state index contributed by atoms with van der Waals surface area (Å²) in [5.74, 6) is 1.46. The first-order chi connectivity index (χ1) is 13.1. The van der Waals surface area contributed by atoms with Crippen LogP contribution in [0.1, 0.15) is 18.3 Å². The first kappa shape index (κ1) is 19.8. The Kier molecular flexibility index (Phi) is 6.84. The zero-order valence-corrected chi connectivity index (χ0v) is 17.2. The average Bonchev–Trinajstić information content (AvgIpc) is 3.17. The summed E-state index contributed by atoms with van der Waals surface area (Å²) in [6.45, 7) is 6.08. The summed E-state index contributed by atoms with van der Waals surface area (Å²) in [6.07, 6.45) is 1.37. The van der Waals surface area contributed by atoms with Crippen LogP contribution in [-0.2, 0) is 12.8 Å². The first-order valence-corrected chi connectivity index (χ1v) is 10.2. The predicted molar refractivity (Wildman–Crippen MR) is 110 cm³/mol. The second-order valence-corrected chi connectivity index (χ2v) is 7.38. The standard InChI is InChI=1S/C18H24ClFN6S/c1-3-16-23-18(27-24-16)26-11-9-25(10-12-26)17(21-2)22-8-7-13-14(19)5-4-6-15(13)20/h4-6H,3,7-12H2,1-2H3,(H,21,22). The second kappa shape index (κ2) is 9.32. The van der Waals surface area contributed by atoms with E-state index in [9.17, 15) is 4.39 Å². The number of nitrogens with zero attached hydrogens (tertiary/aromatic N) is 5. The molecule has 0 saturated carbocycles. The number of piperazine rings is 1. The summed E-state index contributed by atoms with van der Waals surface area (Å²) in [4.78, 5) is 13.4. The molecule has 146 valence electrons. The number of halogens is 2. The van der Waals surface area contributed by atoms with Crippen molar-refractivity contribution in [3.05, 3.63) is 40.4 Å². The summed E-state index contributed by atoms with van der Waals surface area (Å²) in [5, 5.41) is 4.77. The molecule has 0 aliphatic carbocycles. The number of aryl methyl sites for hydroxylation is 1. The van der Waals surface area contributed by atoms with Crippen molar-refractivity contribution < 1.29 is 4.39 Å². The zero-order valence-electron chi connectivity index (χ0n) is 15.6. The van der Waals surface area contributed by atoms with Crippen LogP contribution < -0.4 is 10.2 Å². The summed E-state index contributed by atoms with van der Waals surface area (Å²) < 4.78 is 18.2. The Labute approximate surface area is 168 Å². The molecule has 0 unspecified atom stereocenters. The molecule has 1 fully saturated rings. The largest absolute Gasteiger partial charge is 0.356 e. The van der Waals surface area contributed by atoms with Gasteiger partial charge in [0, 0.05) is 68.3 Å². The molecule has 1 saturated heterocycles. The maximum atomic E-state index is 13.9. The summed E-state index contributed by atoms with van der Waals surface area (Å²) in [6, 6.07) is 4.77. The van der Waals surface area contributed by atoms with E-state index in [1.165, 1.54) is 17.6 Å². The van der Waals surface area contributed by atoms with Crippen molar-refractivity contribution in [3.63, 3.8) is 0 Å². The van der Waals surface area contributed by atoms with Gasteiger partial charge in [-0.2, -0.15) is 4.37 Å². The number of rotatable bonds is 5. The maximum Gasteiger partial charge on any atom is 0.205 e. The highest BCUT2D eigenvalue weighted by atomic mass is 35.5. The monoisotopic (exact) mass is 410 g/mol. The molecule has 0 spiro atoms. The molecule has 2 heterocycles. The van der Waals surface area contributed by atoms with Gasteiger partial charge in [-0.15, -0.1) is 0 Å². The SMILES string of the molecule is CCc1nsc(N2CCN(C(=NC)NCCc3c(F)cccc3Cl)CC2)n1. The van der Waals surface area contributed by atoms with Crippen LogP contribution in [0.2, 0.25) is 5.02 Å². The third-order valence-corrected chi connectivity index (χ3v) is 5.72. The number of hydrogen-bond donors (Lipinski definition) is 1. The van der Waals surface area contributed by atoms with Gasteiger partial charge in [-0.25, -0.2) is 9.37 Å². The highest BCUT2D eigenvalue weighted by Crippen LogP contribution is 2.20. The third kappa shape index (κ3) is 4.87. The molecule has 1 aromatic carbocycles. The molecule has 6 nitrogen and oxygen atoms in total. The van der Waals surface area contributed by atoms with E-state index >= 15 is 0 Å². The van der Waals surface area contributed by atoms with Gasteiger partial charge in [0.1, 0.15) is 11.6 Å². The van der Waals surface area contributed by atoms with Crippen LogP contribution in [0, 0.1) is 5.82 Å². The number of nitrogens with one attached hydrogen (secondary N) is 1. The summed E-state index contributed by atoms with van der Waals surface area (Å²) >= 11 is 7.55. The van der Waals surface area contributed by atoms with Gasteiger partial charge in [0.15, 0.2) is 5.96 Å². The van der Waals surface area contributed by atoms with E-state index in [-0.39, 0.29) is 5.82 Å². The van der Waals surface area contributed by atoms with Crippen molar-refractivity contribution in [2.75, 3.05) is 44.7 Å². The van der Waals surface area contributed by atoms with Crippen molar-refractivity contribution in [2.45, 2.75) is 19.8 Å². The van der Waals surface area contributed by atoms with Crippen LogP contribution in [0.25, 0.3) is 0 Å². The number of benzene rings is 1. The van der Waals surface area contributed by atoms with Gasteiger partial charge < -0.3 is 15.1 Å². The fourth-order valence-electron chi connectivity index (χ4n) is 3.03. The molecule has 27 heavy (non-hydrogen) atoms. The fraction of sp³-hybridized carbons (Fsp3) is 0.500. The van der Waals surface area contributed by atoms with Crippen LogP contribution in [0.3, 0.4) is 0 Å². The summed E-state index contributed by atoms with van der Waals surface area (Å²) in [5.41, 5.74) is 0.537. The van der Waals surface area contributed by atoms with Gasteiger partial charge in [0.05, 0.1) is 0 Å². The molecule has 1 aliphatic heterocycles. The number of hydrogen-bond acceptors (Lipinski definition) is 5. The highest BCUT2D eigenvalue weighted by molar-refractivity contribution is 7.09. The van der Waals surface area contributed by atoms with Crippen LogP contribution >= 0.6 is 23.1 Å². The van der Waals surface area contributed by atoms with Gasteiger partial charge >= 0.3 is 0 Å². The Morgan fingerprint density at radius 1 is 1.33 bits per heavy atom. The fourth-order valence-corrected chi connectivity index (χ4v) is 4.09. The lowest BCUT2D eigenvalue weighted by atomic mass is 10.1. The molecular weight excluding hydrogens is 387 g/mol. The molecule has 3 rings (SSSR count). The van der Waals surface area contributed by atoms with E-state index in [0.29, 0.717) is 23.6 Å². The lowest BCUT2D eigenvalue weighted by molar-refractivity contribution is 0.372. The van der Waals surface area contributed by atoms with Gasteiger partial charge in [-0.3, -0.25) is 4.99 Å². The molecule has 0 atom stereocenters. The summed E-state index contributed by atoms with van der Waals surface area (Å²) in [7, 11) is 1.77. The lowest BCUT2D eigenvalue weighted by Crippen LogP contribution is -2.52. The van der Waals surface area contributed by atoms with Crippen LogP contribution in [-0.4, -0.2) is 60.0 Å². The quantitative estimate of drug-likeness (QED) is 0.606. The Balaban J connectivity index is 1.50. The smallest absolute Gasteiger partial charge is 0.205 e. The van der Waals surface area contributed by atoms with Gasteiger partial charge in [0.25, 0.3) is 0 Å². The van der Waals surface area contributed by atoms with Gasteiger partial charge in [-0.05, 0) is 18.6 Å². The second-order valence-electron chi connectivity index (χ2n) is 6.25. The van der Waals surface area contributed by atoms with Gasteiger partial charge in [-0.1, -0.05) is 24.6 Å². The Morgan fingerprint density at radius 3 is 2.74 bits per heavy atom. The molecular formula is C18H24ClFN6S. The lowest BCUT2D eigenvalue weighted by Gasteiger charge is -2.36. The topological polar surface area (TPSA) is 56.7 Å². The highest BCUT2D eigenvalue weighted by Gasteiger charge is 2.22. The van der Waals surface area contributed by atoms with Crippen LogP contribution in [0.15, 0.2) is 23.2 Å². The van der Waals surface area contributed by atoms with Crippen LogP contribution in [0.5, 0.6) is 0 Å². The maximum absolute atomic E-state index is 13.9. The van der Waals surface area contributed by atoms with E-state index < -0.39 is 0 Å². The Morgan fingerprint density at radius 2 is 2.11 bits per heavy atom. The van der Waals surface area contributed by atoms with E-state index in [1.54, 1.807) is 19.2 Å². The van der Waals surface area contributed by atoms with E-state index in [4.69, 9.17) is 11.6 Å². The first-order valence-electron chi connectivity index (χ1n) is 9.08.